The molecular formula is C13H11N3O3Se. The number of hydrogen-bond donors (Lipinski definition) is 1. The van der Waals surface area contributed by atoms with Crippen LogP contribution in [0.15, 0.2) is 34.9 Å². The molecule has 0 amide bonds. The number of carbonyl (C=O) groups excluding carboxylic acids is 1. The summed E-state index contributed by atoms with van der Waals surface area (Å²) in [5.74, 6) is -0.258. The van der Waals surface area contributed by atoms with Crippen molar-refractivity contribution >= 4 is 37.7 Å². The van der Waals surface area contributed by atoms with Crippen molar-refractivity contribution in [3.8, 4) is 0 Å². The summed E-state index contributed by atoms with van der Waals surface area (Å²) < 4.78 is 18.5. The zero-order valence-corrected chi connectivity index (χ0v) is 12.3. The van der Waals surface area contributed by atoms with Crippen molar-refractivity contribution in [1.29, 1.82) is 0 Å². The van der Waals surface area contributed by atoms with E-state index >= 15 is 0 Å². The van der Waals surface area contributed by atoms with Gasteiger partial charge in [0.1, 0.15) is 0 Å². The Kier molecular flexibility index (Phi) is 3.54. The van der Waals surface area contributed by atoms with Crippen molar-refractivity contribution in [3.05, 3.63) is 41.9 Å². The molecule has 0 aliphatic carbocycles. The molecule has 2 aromatic heterocycles. The van der Waals surface area contributed by atoms with Crippen LogP contribution in [-0.4, -0.2) is 36.0 Å². The second kappa shape index (κ2) is 5.48. The van der Waals surface area contributed by atoms with E-state index in [1.165, 1.54) is 13.4 Å². The Balaban J connectivity index is 1.82. The van der Waals surface area contributed by atoms with E-state index in [2.05, 4.69) is 18.0 Å². The van der Waals surface area contributed by atoms with Gasteiger partial charge in [-0.05, 0) is 0 Å². The summed E-state index contributed by atoms with van der Waals surface area (Å²) in [5.41, 5.74) is 3.45. The van der Waals surface area contributed by atoms with Crippen LogP contribution >= 0.6 is 0 Å². The van der Waals surface area contributed by atoms with Crippen LogP contribution in [0.3, 0.4) is 0 Å². The van der Waals surface area contributed by atoms with Crippen LogP contribution in [0.2, 0.25) is 0 Å². The van der Waals surface area contributed by atoms with Gasteiger partial charge in [0.15, 0.2) is 0 Å². The maximum absolute atomic E-state index is 11.5. The molecule has 0 fully saturated rings. The Morgan fingerprint density at radius 2 is 2.30 bits per heavy atom. The molecule has 0 unspecified atom stereocenters. The van der Waals surface area contributed by atoms with Crippen molar-refractivity contribution in [2.75, 3.05) is 12.4 Å². The molecule has 0 saturated carbocycles. The number of methoxy groups -OCH3 is 1. The third-order valence-corrected chi connectivity index (χ3v) is 4.01. The molecule has 1 N–H and O–H groups in total. The van der Waals surface area contributed by atoms with E-state index in [9.17, 15) is 4.79 Å². The molecule has 1 aromatic carbocycles. The zero-order valence-electron chi connectivity index (χ0n) is 10.6. The van der Waals surface area contributed by atoms with Gasteiger partial charge in [0, 0.05) is 0 Å². The number of hydrogen-bond acceptors (Lipinski definition) is 6. The Morgan fingerprint density at radius 3 is 3.15 bits per heavy atom. The van der Waals surface area contributed by atoms with Gasteiger partial charge in [-0.3, -0.25) is 0 Å². The molecule has 0 saturated heterocycles. The van der Waals surface area contributed by atoms with Gasteiger partial charge >= 0.3 is 120 Å². The predicted octanol–water partition coefficient (Wildman–Crippen LogP) is 1.68. The van der Waals surface area contributed by atoms with Crippen LogP contribution in [0.5, 0.6) is 0 Å². The number of aromatic nitrogens is 2. The Morgan fingerprint density at radius 1 is 1.40 bits per heavy atom. The van der Waals surface area contributed by atoms with Crippen LogP contribution in [0.25, 0.3) is 11.0 Å². The molecule has 102 valence electrons. The van der Waals surface area contributed by atoms with E-state index in [1.54, 1.807) is 6.07 Å². The number of nitrogens with one attached hydrogen (secondary N) is 1. The quantitative estimate of drug-likeness (QED) is 0.577. The fourth-order valence-electron chi connectivity index (χ4n) is 1.89. The van der Waals surface area contributed by atoms with Crippen molar-refractivity contribution in [2.45, 2.75) is 6.54 Å². The van der Waals surface area contributed by atoms with E-state index in [4.69, 9.17) is 4.42 Å². The van der Waals surface area contributed by atoms with Crippen LogP contribution in [0.1, 0.15) is 16.1 Å². The summed E-state index contributed by atoms with van der Waals surface area (Å²) in [5, 5.41) is 3.26. The molecule has 0 aliphatic rings. The number of rotatable bonds is 4. The Bertz CT molecular complexity index is 750. The van der Waals surface area contributed by atoms with Gasteiger partial charge in [-0.25, -0.2) is 0 Å². The van der Waals surface area contributed by atoms with Gasteiger partial charge in [0.2, 0.25) is 0 Å². The van der Waals surface area contributed by atoms with Crippen molar-refractivity contribution in [1.82, 2.24) is 7.96 Å². The van der Waals surface area contributed by atoms with E-state index in [-0.39, 0.29) is 20.7 Å². The van der Waals surface area contributed by atoms with E-state index in [1.807, 2.05) is 18.2 Å². The standard InChI is InChI=1S/C13H11N3O3Se/c1-18-13(17)12-8(5-6-19-12)7-14-9-3-2-4-10-11(9)16-20-15-10/h2-6,14H,7H2,1H3. The maximum atomic E-state index is 11.5. The second-order valence-electron chi connectivity index (χ2n) is 4.06. The minimum atomic E-state index is -0.479. The first-order valence-electron chi connectivity index (χ1n) is 5.89. The summed E-state index contributed by atoms with van der Waals surface area (Å²) in [6.45, 7) is 0.458. The molecule has 20 heavy (non-hydrogen) atoms. The zero-order chi connectivity index (χ0) is 13.9. The van der Waals surface area contributed by atoms with E-state index in [0.717, 1.165) is 22.3 Å². The first-order chi connectivity index (χ1) is 9.79. The number of anilines is 1. The van der Waals surface area contributed by atoms with Crippen molar-refractivity contribution < 1.29 is 13.9 Å². The molecule has 0 aliphatic heterocycles. The van der Waals surface area contributed by atoms with Crippen LogP contribution in [-0.2, 0) is 11.3 Å². The number of ether oxygens (including phenoxy) is 1. The molecule has 3 rings (SSSR count). The normalized spacial score (nSPS) is 10.7. The molecule has 7 heteroatoms. The fraction of sp³-hybridized carbons (Fsp3) is 0.154. The number of esters is 1. The predicted molar refractivity (Wildman–Crippen MR) is 73.9 cm³/mol. The summed E-state index contributed by atoms with van der Waals surface area (Å²) >= 11 is -0.0626. The number of fused-ring (bicyclic) bond motifs is 1. The third-order valence-electron chi connectivity index (χ3n) is 2.87. The van der Waals surface area contributed by atoms with Gasteiger partial charge in [0.05, 0.1) is 0 Å². The van der Waals surface area contributed by atoms with Crippen molar-refractivity contribution in [2.24, 2.45) is 0 Å². The fourth-order valence-corrected chi connectivity index (χ4v) is 3.04. The third kappa shape index (κ3) is 2.33. The van der Waals surface area contributed by atoms with Gasteiger partial charge in [-0.1, -0.05) is 0 Å². The van der Waals surface area contributed by atoms with Gasteiger partial charge in [0.25, 0.3) is 0 Å². The van der Waals surface area contributed by atoms with Gasteiger partial charge in [-0.2, -0.15) is 0 Å². The molecule has 0 bridgehead atoms. The average Bonchev–Trinajstić information content (AvgIpc) is 3.12. The molecule has 6 nitrogen and oxygen atoms in total. The molecular weight excluding hydrogens is 325 g/mol. The van der Waals surface area contributed by atoms with Gasteiger partial charge in [-0.15, -0.1) is 0 Å². The number of carbonyl (C=O) groups is 1. The first-order valence-corrected chi connectivity index (χ1v) is 7.42. The van der Waals surface area contributed by atoms with Crippen LogP contribution in [0, 0.1) is 0 Å². The summed E-state index contributed by atoms with van der Waals surface area (Å²) in [6, 6.07) is 7.56. The monoisotopic (exact) mass is 337 g/mol. The second-order valence-corrected chi connectivity index (χ2v) is 5.17. The molecule has 2 heterocycles. The van der Waals surface area contributed by atoms with Crippen molar-refractivity contribution in [3.63, 3.8) is 0 Å². The Labute approximate surface area is 121 Å². The molecule has 3 aromatic rings. The summed E-state index contributed by atoms with van der Waals surface area (Å²) in [6.07, 6.45) is 1.47. The molecule has 0 radical (unpaired) electrons. The van der Waals surface area contributed by atoms with E-state index in [0.29, 0.717) is 6.54 Å². The number of furan rings is 1. The summed E-state index contributed by atoms with van der Waals surface area (Å²) in [4.78, 5) is 11.5. The molecule has 0 atom stereocenters. The number of nitrogens with zero attached hydrogens (tertiary/aromatic N) is 2. The summed E-state index contributed by atoms with van der Waals surface area (Å²) in [7, 11) is 1.33. The van der Waals surface area contributed by atoms with E-state index < -0.39 is 5.97 Å². The minimum absolute atomic E-state index is 0.0626. The Hall–Kier alpha value is -2.11. The topological polar surface area (TPSA) is 77.2 Å². The van der Waals surface area contributed by atoms with Crippen LogP contribution in [0.4, 0.5) is 5.69 Å². The SMILES string of the molecule is COC(=O)c1occc1CNc1cccc2n[se]nc12. The first kappa shape index (κ1) is 12.9. The molecule has 0 spiro atoms. The van der Waals surface area contributed by atoms with Gasteiger partial charge < -0.3 is 0 Å². The average molecular weight is 336 g/mol. The number of benzene rings is 1. The van der Waals surface area contributed by atoms with Crippen LogP contribution < -0.4 is 5.32 Å².